The van der Waals surface area contributed by atoms with Crippen LogP contribution < -0.4 is 4.74 Å². The summed E-state index contributed by atoms with van der Waals surface area (Å²) in [7, 11) is 1.67. The lowest BCUT2D eigenvalue weighted by atomic mass is 10.0. The Morgan fingerprint density at radius 3 is 2.72 bits per heavy atom. The lowest BCUT2D eigenvalue weighted by molar-refractivity contribution is 0.249. The van der Waals surface area contributed by atoms with Crippen LogP contribution in [0.4, 0.5) is 5.00 Å². The summed E-state index contributed by atoms with van der Waals surface area (Å²) in [6.07, 6.45) is 2.73. The fraction of sp³-hybridized carbons (Fsp3) is 0.185. The SMILES string of the molecule is COc1ccc2ccccc2c1C=Nc1sc2c(c1C#N)CCN(Cc1ccccc1)C2. The van der Waals surface area contributed by atoms with Crippen LogP contribution in [0.3, 0.4) is 0 Å². The van der Waals surface area contributed by atoms with Gasteiger partial charge in [0.25, 0.3) is 0 Å². The number of nitrogens with zero attached hydrogens (tertiary/aromatic N) is 3. The first kappa shape index (κ1) is 20.4. The predicted octanol–water partition coefficient (Wildman–Crippen LogP) is 6.09. The number of benzene rings is 3. The Morgan fingerprint density at radius 2 is 1.91 bits per heavy atom. The van der Waals surface area contributed by atoms with Gasteiger partial charge >= 0.3 is 0 Å². The molecule has 0 atom stereocenters. The minimum absolute atomic E-state index is 0.722. The molecule has 5 rings (SSSR count). The molecule has 0 amide bonds. The van der Waals surface area contributed by atoms with E-state index < -0.39 is 0 Å². The summed E-state index contributed by atoms with van der Waals surface area (Å²) in [4.78, 5) is 8.48. The second-order valence-corrected chi connectivity index (χ2v) is 8.99. The van der Waals surface area contributed by atoms with Gasteiger partial charge < -0.3 is 4.74 Å². The Balaban J connectivity index is 1.46. The highest BCUT2D eigenvalue weighted by Crippen LogP contribution is 2.39. The van der Waals surface area contributed by atoms with Crippen LogP contribution in [0, 0.1) is 11.3 Å². The van der Waals surface area contributed by atoms with Gasteiger partial charge in [0.15, 0.2) is 0 Å². The Kier molecular flexibility index (Phi) is 5.72. The van der Waals surface area contributed by atoms with Gasteiger partial charge in [0.05, 0.1) is 12.7 Å². The van der Waals surface area contributed by atoms with E-state index >= 15 is 0 Å². The van der Waals surface area contributed by atoms with Gasteiger partial charge in [0.2, 0.25) is 0 Å². The van der Waals surface area contributed by atoms with Crippen LogP contribution in [0.25, 0.3) is 10.8 Å². The monoisotopic (exact) mass is 437 g/mol. The van der Waals surface area contributed by atoms with Crippen LogP contribution in [-0.2, 0) is 19.5 Å². The van der Waals surface area contributed by atoms with Gasteiger partial charge in [0.1, 0.15) is 16.8 Å². The van der Waals surface area contributed by atoms with Crippen molar-refractivity contribution >= 4 is 33.3 Å². The number of ether oxygens (including phenoxy) is 1. The van der Waals surface area contributed by atoms with E-state index in [9.17, 15) is 5.26 Å². The number of aliphatic imine (C=N–C) groups is 1. The molecule has 1 aromatic heterocycles. The molecule has 0 fully saturated rings. The van der Waals surface area contributed by atoms with E-state index in [1.807, 2.05) is 30.5 Å². The van der Waals surface area contributed by atoms with Crippen molar-refractivity contribution < 1.29 is 4.74 Å². The molecule has 0 spiro atoms. The summed E-state index contributed by atoms with van der Waals surface area (Å²) in [5, 5.41) is 12.9. The number of nitriles is 1. The Labute approximate surface area is 192 Å². The number of rotatable bonds is 5. The number of fused-ring (bicyclic) bond motifs is 2. The zero-order valence-electron chi connectivity index (χ0n) is 17.9. The quantitative estimate of drug-likeness (QED) is 0.355. The molecule has 0 aliphatic carbocycles. The number of methoxy groups -OCH3 is 1. The Bertz CT molecular complexity index is 1330. The molecule has 0 radical (unpaired) electrons. The second kappa shape index (κ2) is 8.96. The molecule has 0 bridgehead atoms. The maximum absolute atomic E-state index is 9.88. The minimum Gasteiger partial charge on any atom is -0.496 e. The molecule has 1 aliphatic rings. The summed E-state index contributed by atoms with van der Waals surface area (Å²) in [5.74, 6) is 0.779. The standard InChI is InChI=1S/C27H23N3OS/c1-31-25-12-11-20-9-5-6-10-21(20)24(25)16-29-27-23(15-28)22-13-14-30(18-26(22)32-27)17-19-7-3-2-4-8-19/h2-12,16H,13-14,17-18H2,1H3. The van der Waals surface area contributed by atoms with Crippen LogP contribution in [0.1, 0.15) is 27.1 Å². The van der Waals surface area contributed by atoms with Crippen LogP contribution in [-0.4, -0.2) is 24.8 Å². The Morgan fingerprint density at radius 1 is 1.09 bits per heavy atom. The number of hydrogen-bond acceptors (Lipinski definition) is 5. The molecule has 1 aliphatic heterocycles. The molecule has 158 valence electrons. The number of thiophene rings is 1. The minimum atomic E-state index is 0.722. The first-order chi connectivity index (χ1) is 15.8. The van der Waals surface area contributed by atoms with E-state index in [1.54, 1.807) is 18.4 Å². The molecule has 0 N–H and O–H groups in total. The summed E-state index contributed by atoms with van der Waals surface area (Å²) >= 11 is 1.64. The Hall–Kier alpha value is -3.46. The van der Waals surface area contributed by atoms with Gasteiger partial charge in [-0.25, -0.2) is 4.99 Å². The molecule has 0 saturated carbocycles. The lowest BCUT2D eigenvalue weighted by Crippen LogP contribution is -2.29. The predicted molar refractivity (Wildman–Crippen MR) is 131 cm³/mol. The van der Waals surface area contributed by atoms with E-state index in [-0.39, 0.29) is 0 Å². The first-order valence-electron chi connectivity index (χ1n) is 10.7. The highest BCUT2D eigenvalue weighted by atomic mass is 32.1. The van der Waals surface area contributed by atoms with E-state index in [2.05, 4.69) is 53.4 Å². The van der Waals surface area contributed by atoms with Gasteiger partial charge in [-0.2, -0.15) is 5.26 Å². The molecule has 5 heteroatoms. The molecule has 3 aromatic carbocycles. The topological polar surface area (TPSA) is 48.6 Å². The van der Waals surface area contributed by atoms with Gasteiger partial charge in [-0.15, -0.1) is 11.3 Å². The highest BCUT2D eigenvalue weighted by Gasteiger charge is 2.24. The van der Waals surface area contributed by atoms with E-state index in [0.717, 1.165) is 58.7 Å². The van der Waals surface area contributed by atoms with E-state index in [1.165, 1.54) is 16.0 Å². The third kappa shape index (κ3) is 3.91. The third-order valence-electron chi connectivity index (χ3n) is 5.94. The summed E-state index contributed by atoms with van der Waals surface area (Å²) in [6, 6.07) is 25.2. The van der Waals surface area contributed by atoms with Crippen LogP contribution in [0.2, 0.25) is 0 Å². The fourth-order valence-electron chi connectivity index (χ4n) is 4.33. The molecular formula is C27H23N3OS. The zero-order chi connectivity index (χ0) is 21.9. The van der Waals surface area contributed by atoms with Gasteiger partial charge in [-0.3, -0.25) is 4.90 Å². The van der Waals surface area contributed by atoms with Crippen molar-refractivity contribution in [2.45, 2.75) is 19.5 Å². The summed E-state index contributed by atoms with van der Waals surface area (Å²) in [6.45, 7) is 2.73. The second-order valence-electron chi connectivity index (χ2n) is 7.90. The van der Waals surface area contributed by atoms with Crippen molar-refractivity contribution in [2.24, 2.45) is 4.99 Å². The van der Waals surface area contributed by atoms with Crippen molar-refractivity contribution in [1.82, 2.24) is 4.90 Å². The van der Waals surface area contributed by atoms with Crippen molar-refractivity contribution in [2.75, 3.05) is 13.7 Å². The smallest absolute Gasteiger partial charge is 0.134 e. The van der Waals surface area contributed by atoms with Crippen molar-refractivity contribution in [3.05, 3.63) is 93.9 Å². The molecule has 4 nitrogen and oxygen atoms in total. The normalized spacial score (nSPS) is 13.9. The van der Waals surface area contributed by atoms with Gasteiger partial charge in [-0.05, 0) is 34.4 Å². The lowest BCUT2D eigenvalue weighted by Gasteiger charge is -2.26. The fourth-order valence-corrected chi connectivity index (χ4v) is 5.52. The third-order valence-corrected chi connectivity index (χ3v) is 7.06. The number of hydrogen-bond donors (Lipinski definition) is 0. The average molecular weight is 438 g/mol. The van der Waals surface area contributed by atoms with Gasteiger partial charge in [-0.1, -0.05) is 60.7 Å². The van der Waals surface area contributed by atoms with Crippen molar-refractivity contribution in [1.29, 1.82) is 5.26 Å². The highest BCUT2D eigenvalue weighted by molar-refractivity contribution is 7.16. The summed E-state index contributed by atoms with van der Waals surface area (Å²) in [5.41, 5.74) is 4.14. The van der Waals surface area contributed by atoms with Crippen LogP contribution >= 0.6 is 11.3 Å². The molecule has 0 saturated heterocycles. The largest absolute Gasteiger partial charge is 0.496 e. The maximum Gasteiger partial charge on any atom is 0.134 e. The van der Waals surface area contributed by atoms with Crippen LogP contribution in [0.15, 0.2) is 71.7 Å². The zero-order valence-corrected chi connectivity index (χ0v) is 18.7. The van der Waals surface area contributed by atoms with Crippen molar-refractivity contribution in [3.63, 3.8) is 0 Å². The van der Waals surface area contributed by atoms with Crippen LogP contribution in [0.5, 0.6) is 5.75 Å². The molecule has 0 unspecified atom stereocenters. The molecule has 2 heterocycles. The average Bonchev–Trinajstić information content (AvgIpc) is 3.19. The van der Waals surface area contributed by atoms with Gasteiger partial charge in [0, 0.05) is 36.3 Å². The van der Waals surface area contributed by atoms with E-state index in [4.69, 9.17) is 9.73 Å². The first-order valence-corrected chi connectivity index (χ1v) is 11.5. The van der Waals surface area contributed by atoms with Crippen molar-refractivity contribution in [3.8, 4) is 11.8 Å². The molecule has 32 heavy (non-hydrogen) atoms. The van der Waals surface area contributed by atoms with E-state index in [0.29, 0.717) is 0 Å². The molecule has 4 aromatic rings. The summed E-state index contributed by atoms with van der Waals surface area (Å²) < 4.78 is 5.59. The molecular weight excluding hydrogens is 414 g/mol. The maximum atomic E-state index is 9.88.